The molecule has 0 aromatic heterocycles. The third-order valence-electron chi connectivity index (χ3n) is 2.09. The van der Waals surface area contributed by atoms with Gasteiger partial charge in [0.05, 0.1) is 12.5 Å². The number of rotatable bonds is 6. The van der Waals surface area contributed by atoms with Crippen molar-refractivity contribution in [2.24, 2.45) is 5.92 Å². The van der Waals surface area contributed by atoms with Crippen LogP contribution in [0.5, 0.6) is 0 Å². The van der Waals surface area contributed by atoms with Gasteiger partial charge in [-0.05, 0) is 12.8 Å². The monoisotopic (exact) mass is 201 g/mol. The van der Waals surface area contributed by atoms with Gasteiger partial charge in [-0.1, -0.05) is 13.8 Å². The zero-order valence-electron chi connectivity index (χ0n) is 9.13. The summed E-state index contributed by atoms with van der Waals surface area (Å²) in [5.41, 5.74) is 0. The van der Waals surface area contributed by atoms with E-state index in [0.717, 1.165) is 6.42 Å². The van der Waals surface area contributed by atoms with Crippen molar-refractivity contribution in [1.29, 1.82) is 0 Å². The predicted octanol–water partition coefficient (Wildman–Crippen LogP) is 1.10. The number of esters is 1. The molecule has 0 bridgehead atoms. The second kappa shape index (κ2) is 7.35. The van der Waals surface area contributed by atoms with Crippen LogP contribution in [0.25, 0.3) is 0 Å². The predicted molar refractivity (Wildman–Crippen MR) is 53.7 cm³/mol. The minimum atomic E-state index is -0.176. The Morgan fingerprint density at radius 1 is 1.43 bits per heavy atom. The van der Waals surface area contributed by atoms with Gasteiger partial charge in [-0.25, -0.2) is 0 Å². The average molecular weight is 201 g/mol. The van der Waals surface area contributed by atoms with E-state index in [2.05, 4.69) is 5.32 Å². The molecule has 4 nitrogen and oxygen atoms in total. The normalized spacial score (nSPS) is 11.9. The van der Waals surface area contributed by atoms with E-state index in [0.29, 0.717) is 19.4 Å². The Hall–Kier alpha value is -1.06. The molecular weight excluding hydrogens is 182 g/mol. The van der Waals surface area contributed by atoms with Crippen molar-refractivity contribution in [3.8, 4) is 0 Å². The Bertz CT molecular complexity index is 192. The molecule has 82 valence electrons. The fraction of sp³-hybridized carbons (Fsp3) is 0.800. The molecule has 14 heavy (non-hydrogen) atoms. The van der Waals surface area contributed by atoms with E-state index in [-0.39, 0.29) is 17.8 Å². The summed E-state index contributed by atoms with van der Waals surface area (Å²) in [5, 5.41) is 2.51. The van der Waals surface area contributed by atoms with Crippen molar-refractivity contribution in [2.45, 2.75) is 33.1 Å². The Morgan fingerprint density at radius 2 is 2.07 bits per heavy atom. The van der Waals surface area contributed by atoms with Gasteiger partial charge in [-0.2, -0.15) is 0 Å². The zero-order chi connectivity index (χ0) is 11.0. The highest BCUT2D eigenvalue weighted by Gasteiger charge is 2.11. The maximum Gasteiger partial charge on any atom is 0.308 e. The van der Waals surface area contributed by atoms with E-state index in [9.17, 15) is 9.59 Å². The van der Waals surface area contributed by atoms with Crippen LogP contribution in [-0.2, 0) is 14.3 Å². The lowest BCUT2D eigenvalue weighted by Gasteiger charge is -2.08. The molecule has 0 aliphatic rings. The van der Waals surface area contributed by atoms with Crippen LogP contribution in [-0.4, -0.2) is 25.5 Å². The van der Waals surface area contributed by atoms with Crippen molar-refractivity contribution in [3.63, 3.8) is 0 Å². The minimum absolute atomic E-state index is 0.0235. The molecule has 1 atom stereocenters. The Morgan fingerprint density at radius 3 is 2.57 bits per heavy atom. The van der Waals surface area contributed by atoms with Crippen molar-refractivity contribution >= 4 is 11.9 Å². The van der Waals surface area contributed by atoms with Crippen LogP contribution in [0.15, 0.2) is 0 Å². The summed E-state index contributed by atoms with van der Waals surface area (Å²) in [6, 6.07) is 0. The Balaban J connectivity index is 3.45. The molecule has 4 heteroatoms. The summed E-state index contributed by atoms with van der Waals surface area (Å²) in [7, 11) is 1.59. The third kappa shape index (κ3) is 5.56. The zero-order valence-corrected chi connectivity index (χ0v) is 9.13. The van der Waals surface area contributed by atoms with Crippen LogP contribution >= 0.6 is 0 Å². The Labute approximate surface area is 85.0 Å². The first-order chi connectivity index (χ1) is 6.61. The van der Waals surface area contributed by atoms with E-state index in [1.807, 2.05) is 13.8 Å². The largest absolute Gasteiger partial charge is 0.465 e. The number of amides is 1. The molecule has 0 aromatic rings. The molecular formula is C10H19NO3. The number of carbonyl (C=O) groups excluding carboxylic acids is 2. The van der Waals surface area contributed by atoms with Crippen LogP contribution in [0.4, 0.5) is 0 Å². The standard InChI is InChI=1S/C10H19NO3/c1-4-8(2)10(13)14-7-5-6-9(12)11-3/h8H,4-7H2,1-3H3,(H,11,12). The van der Waals surface area contributed by atoms with Gasteiger partial charge in [0.25, 0.3) is 0 Å². The molecule has 0 rings (SSSR count). The molecule has 0 spiro atoms. The summed E-state index contributed by atoms with van der Waals surface area (Å²) < 4.78 is 4.97. The van der Waals surface area contributed by atoms with Gasteiger partial charge < -0.3 is 10.1 Å². The van der Waals surface area contributed by atoms with Crippen molar-refractivity contribution in [3.05, 3.63) is 0 Å². The van der Waals surface area contributed by atoms with Gasteiger partial charge in [0, 0.05) is 13.5 Å². The fourth-order valence-electron chi connectivity index (χ4n) is 0.839. The summed E-state index contributed by atoms with van der Waals surface area (Å²) in [6.07, 6.45) is 1.78. The summed E-state index contributed by atoms with van der Waals surface area (Å²) in [5.74, 6) is -0.246. The van der Waals surface area contributed by atoms with Crippen LogP contribution in [0, 0.1) is 5.92 Å². The number of carbonyl (C=O) groups is 2. The van der Waals surface area contributed by atoms with Gasteiger partial charge in [-0.15, -0.1) is 0 Å². The van der Waals surface area contributed by atoms with Gasteiger partial charge >= 0.3 is 5.97 Å². The molecule has 1 N–H and O–H groups in total. The van der Waals surface area contributed by atoms with Crippen molar-refractivity contribution < 1.29 is 14.3 Å². The molecule has 1 amide bonds. The SMILES string of the molecule is CCC(C)C(=O)OCCCC(=O)NC. The molecule has 0 aliphatic carbocycles. The maximum atomic E-state index is 11.2. The molecule has 0 saturated heterocycles. The van der Waals surface area contributed by atoms with E-state index < -0.39 is 0 Å². The summed E-state index contributed by atoms with van der Waals surface area (Å²) >= 11 is 0. The lowest BCUT2D eigenvalue weighted by molar-refractivity contribution is -0.148. The minimum Gasteiger partial charge on any atom is -0.465 e. The fourth-order valence-corrected chi connectivity index (χ4v) is 0.839. The van der Waals surface area contributed by atoms with E-state index >= 15 is 0 Å². The molecule has 0 heterocycles. The lowest BCUT2D eigenvalue weighted by atomic mass is 10.1. The topological polar surface area (TPSA) is 55.4 Å². The number of ether oxygens (including phenoxy) is 1. The second-order valence-electron chi connectivity index (χ2n) is 3.25. The highest BCUT2D eigenvalue weighted by atomic mass is 16.5. The van der Waals surface area contributed by atoms with Gasteiger partial charge in [0.2, 0.25) is 5.91 Å². The Kier molecular flexibility index (Phi) is 6.80. The van der Waals surface area contributed by atoms with Gasteiger partial charge in [-0.3, -0.25) is 9.59 Å². The molecule has 0 saturated carbocycles. The van der Waals surface area contributed by atoms with Crippen LogP contribution in [0.1, 0.15) is 33.1 Å². The van der Waals surface area contributed by atoms with Crippen LogP contribution in [0.3, 0.4) is 0 Å². The first-order valence-electron chi connectivity index (χ1n) is 4.99. The van der Waals surface area contributed by atoms with Crippen molar-refractivity contribution in [2.75, 3.05) is 13.7 Å². The molecule has 0 aliphatic heterocycles. The highest BCUT2D eigenvalue weighted by molar-refractivity contribution is 5.75. The quantitative estimate of drug-likeness (QED) is 0.517. The van der Waals surface area contributed by atoms with E-state index in [1.54, 1.807) is 7.05 Å². The van der Waals surface area contributed by atoms with Crippen LogP contribution in [0.2, 0.25) is 0 Å². The summed E-state index contributed by atoms with van der Waals surface area (Å²) in [6.45, 7) is 4.11. The molecule has 0 radical (unpaired) electrons. The number of nitrogens with one attached hydrogen (secondary N) is 1. The summed E-state index contributed by atoms with van der Waals surface area (Å²) in [4.78, 5) is 22.0. The third-order valence-corrected chi connectivity index (χ3v) is 2.09. The maximum absolute atomic E-state index is 11.2. The first kappa shape index (κ1) is 12.9. The van der Waals surface area contributed by atoms with E-state index in [1.165, 1.54) is 0 Å². The molecule has 1 unspecified atom stereocenters. The number of hydrogen-bond acceptors (Lipinski definition) is 3. The smallest absolute Gasteiger partial charge is 0.308 e. The van der Waals surface area contributed by atoms with Gasteiger partial charge in [0.15, 0.2) is 0 Å². The highest BCUT2D eigenvalue weighted by Crippen LogP contribution is 2.03. The average Bonchev–Trinajstić information content (AvgIpc) is 2.22. The van der Waals surface area contributed by atoms with E-state index in [4.69, 9.17) is 4.74 Å². The second-order valence-corrected chi connectivity index (χ2v) is 3.25. The van der Waals surface area contributed by atoms with Gasteiger partial charge in [0.1, 0.15) is 0 Å². The first-order valence-corrected chi connectivity index (χ1v) is 4.99. The lowest BCUT2D eigenvalue weighted by Crippen LogP contribution is -2.19. The molecule has 0 fully saturated rings. The number of hydrogen-bond donors (Lipinski definition) is 1. The van der Waals surface area contributed by atoms with Crippen LogP contribution < -0.4 is 5.32 Å². The molecule has 0 aromatic carbocycles. The van der Waals surface area contributed by atoms with Crippen molar-refractivity contribution in [1.82, 2.24) is 5.32 Å².